The summed E-state index contributed by atoms with van der Waals surface area (Å²) in [6, 6.07) is -0.731. The fourth-order valence-corrected chi connectivity index (χ4v) is 1.55. The number of rotatable bonds is 1. The van der Waals surface area contributed by atoms with E-state index in [0.29, 0.717) is 21.2 Å². The van der Waals surface area contributed by atoms with Crippen LogP contribution < -0.4 is 5.73 Å². The Balaban J connectivity index is 0.000000187. The molecular formula is C10H9Cl2NO3. The molecule has 0 aromatic rings. The van der Waals surface area contributed by atoms with Crippen molar-refractivity contribution >= 4 is 35.0 Å². The second kappa shape index (κ2) is 4.82. The van der Waals surface area contributed by atoms with Gasteiger partial charge in [-0.1, -0.05) is 23.2 Å². The largest absolute Gasteiger partial charge is 0.480 e. The molecule has 16 heavy (non-hydrogen) atoms. The Labute approximate surface area is 102 Å². The first kappa shape index (κ1) is 13.0. The lowest BCUT2D eigenvalue weighted by molar-refractivity contribution is -0.138. The molecule has 86 valence electrons. The number of aliphatic carboxylic acids is 1. The molecule has 0 fully saturated rings. The third-order valence-corrected chi connectivity index (χ3v) is 2.84. The summed E-state index contributed by atoms with van der Waals surface area (Å²) in [6.45, 7) is 1.42. The molecule has 1 unspecified atom stereocenters. The zero-order valence-electron chi connectivity index (χ0n) is 8.33. The van der Waals surface area contributed by atoms with Crippen molar-refractivity contribution in [3.8, 4) is 0 Å². The number of carbonyl (C=O) groups is 2. The van der Waals surface area contributed by atoms with Crippen LogP contribution in [0.2, 0.25) is 0 Å². The number of Topliss-reactive ketones (excluding diaryl/α,β-unsaturated/α-hetero) is 1. The maximum atomic E-state index is 11.0. The van der Waals surface area contributed by atoms with E-state index in [4.69, 9.17) is 34.0 Å². The predicted molar refractivity (Wildman–Crippen MR) is 61.2 cm³/mol. The number of nitrogens with two attached hydrogens (primary N) is 1. The van der Waals surface area contributed by atoms with E-state index in [9.17, 15) is 9.59 Å². The Kier molecular flexibility index (Phi) is 3.91. The van der Waals surface area contributed by atoms with E-state index in [1.807, 2.05) is 0 Å². The van der Waals surface area contributed by atoms with E-state index in [1.165, 1.54) is 6.92 Å². The zero-order chi connectivity index (χ0) is 12.5. The van der Waals surface area contributed by atoms with E-state index in [0.717, 1.165) is 0 Å². The lowest BCUT2D eigenvalue weighted by Crippen LogP contribution is -2.25. The van der Waals surface area contributed by atoms with Gasteiger partial charge in [0.2, 0.25) is 0 Å². The van der Waals surface area contributed by atoms with Gasteiger partial charge in [-0.25, -0.2) is 0 Å². The van der Waals surface area contributed by atoms with Crippen LogP contribution in [-0.4, -0.2) is 22.9 Å². The van der Waals surface area contributed by atoms with Crippen LogP contribution in [0, 0.1) is 0 Å². The molecule has 0 saturated heterocycles. The Morgan fingerprint density at radius 3 is 1.75 bits per heavy atom. The van der Waals surface area contributed by atoms with Crippen LogP contribution in [0.25, 0.3) is 0 Å². The molecule has 2 aliphatic carbocycles. The quantitative estimate of drug-likeness (QED) is 0.751. The summed E-state index contributed by atoms with van der Waals surface area (Å²) < 4.78 is 0. The molecule has 0 aromatic carbocycles. The fourth-order valence-electron chi connectivity index (χ4n) is 1.05. The summed E-state index contributed by atoms with van der Waals surface area (Å²) in [6.07, 6.45) is 3.37. The number of hydrogen-bond donors (Lipinski definition) is 2. The summed E-state index contributed by atoms with van der Waals surface area (Å²) in [5.41, 5.74) is 5.89. The maximum Gasteiger partial charge on any atom is 0.320 e. The van der Waals surface area contributed by atoms with Crippen LogP contribution in [0.5, 0.6) is 0 Å². The molecule has 4 nitrogen and oxygen atoms in total. The van der Waals surface area contributed by atoms with E-state index < -0.39 is 12.0 Å². The van der Waals surface area contributed by atoms with Crippen molar-refractivity contribution in [1.29, 1.82) is 0 Å². The Morgan fingerprint density at radius 1 is 1.31 bits per heavy atom. The zero-order valence-corrected chi connectivity index (χ0v) is 9.84. The van der Waals surface area contributed by atoms with E-state index >= 15 is 0 Å². The normalized spacial score (nSPS) is 18.9. The van der Waals surface area contributed by atoms with Gasteiger partial charge in [-0.05, 0) is 19.1 Å². The molecule has 0 spiro atoms. The molecule has 0 heterocycles. The molecule has 0 saturated carbocycles. The monoisotopic (exact) mass is 261 g/mol. The standard InChI is InChI=1S/C7H2Cl2O.C3H7NO2/c8-5-3-1-2-4(6(5)9)7(3)10;1-2(4)3(5)6/h1-2H;2H,4H2,1H3,(H,5,6). The number of carbonyl (C=O) groups excluding carboxylic acids is 1. The van der Waals surface area contributed by atoms with Crippen molar-refractivity contribution in [2.45, 2.75) is 13.0 Å². The number of allylic oxidation sites excluding steroid dienone is 6. The third-order valence-electron chi connectivity index (χ3n) is 1.96. The van der Waals surface area contributed by atoms with Crippen LogP contribution in [0.15, 0.2) is 33.4 Å². The summed E-state index contributed by atoms with van der Waals surface area (Å²) in [5.74, 6) is -1.01. The van der Waals surface area contributed by atoms with Gasteiger partial charge in [0.1, 0.15) is 6.04 Å². The van der Waals surface area contributed by atoms with Crippen molar-refractivity contribution in [3.05, 3.63) is 33.4 Å². The lowest BCUT2D eigenvalue weighted by Gasteiger charge is -1.92. The lowest BCUT2D eigenvalue weighted by atomic mass is 10.2. The molecule has 6 heteroatoms. The molecule has 0 amide bonds. The van der Waals surface area contributed by atoms with Crippen LogP contribution in [0.4, 0.5) is 0 Å². The highest BCUT2D eigenvalue weighted by Crippen LogP contribution is 2.40. The van der Waals surface area contributed by atoms with E-state index in [2.05, 4.69) is 0 Å². The molecule has 0 aromatic heterocycles. The Bertz CT molecular complexity index is 417. The summed E-state index contributed by atoms with van der Waals surface area (Å²) >= 11 is 11.3. The van der Waals surface area contributed by atoms with Crippen molar-refractivity contribution in [3.63, 3.8) is 0 Å². The number of hydrogen-bond acceptors (Lipinski definition) is 3. The minimum atomic E-state index is -0.963. The van der Waals surface area contributed by atoms with E-state index in [1.54, 1.807) is 12.2 Å². The molecule has 0 aliphatic heterocycles. The summed E-state index contributed by atoms with van der Waals surface area (Å²) in [7, 11) is 0. The SMILES string of the molecule is CC(N)C(=O)O.O=C1C2=C(Cl)C(Cl)=C1C=C2. The predicted octanol–water partition coefficient (Wildman–Crippen LogP) is 1.54. The van der Waals surface area contributed by atoms with Crippen LogP contribution >= 0.6 is 23.2 Å². The second-order valence-corrected chi connectivity index (χ2v) is 4.00. The average molecular weight is 262 g/mol. The number of fused-ring (bicyclic) bond motifs is 2. The minimum absolute atomic E-state index is 0.0463. The fraction of sp³-hybridized carbons (Fsp3) is 0.200. The smallest absolute Gasteiger partial charge is 0.320 e. The van der Waals surface area contributed by atoms with E-state index in [-0.39, 0.29) is 5.78 Å². The van der Waals surface area contributed by atoms with Crippen LogP contribution in [0.1, 0.15) is 6.92 Å². The summed E-state index contributed by atoms with van der Waals surface area (Å²) in [5, 5.41) is 8.65. The highest BCUT2D eigenvalue weighted by molar-refractivity contribution is 6.50. The molecule has 3 N–H and O–H groups in total. The minimum Gasteiger partial charge on any atom is -0.480 e. The first-order chi connectivity index (χ1) is 7.36. The van der Waals surface area contributed by atoms with Crippen molar-refractivity contribution in [2.24, 2.45) is 5.73 Å². The number of ketones is 1. The topological polar surface area (TPSA) is 80.4 Å². The van der Waals surface area contributed by atoms with Gasteiger partial charge in [0.25, 0.3) is 0 Å². The van der Waals surface area contributed by atoms with Crippen molar-refractivity contribution < 1.29 is 14.7 Å². The maximum absolute atomic E-state index is 11.0. The van der Waals surface area contributed by atoms with Gasteiger partial charge >= 0.3 is 5.97 Å². The molecule has 1 atom stereocenters. The third kappa shape index (κ3) is 2.35. The number of carboxylic acid groups (broad SMARTS) is 1. The Hall–Kier alpha value is -1.10. The van der Waals surface area contributed by atoms with Gasteiger partial charge < -0.3 is 10.8 Å². The van der Waals surface area contributed by atoms with Crippen LogP contribution in [-0.2, 0) is 9.59 Å². The number of carboxylic acids is 1. The van der Waals surface area contributed by atoms with Gasteiger partial charge in [-0.15, -0.1) is 0 Å². The molecule has 2 aliphatic rings. The van der Waals surface area contributed by atoms with Gasteiger partial charge in [-0.2, -0.15) is 0 Å². The highest BCUT2D eigenvalue weighted by atomic mass is 35.5. The highest BCUT2D eigenvalue weighted by Gasteiger charge is 2.31. The van der Waals surface area contributed by atoms with Gasteiger partial charge in [0.15, 0.2) is 5.78 Å². The first-order valence-electron chi connectivity index (χ1n) is 4.37. The molecule has 2 bridgehead atoms. The first-order valence-corrected chi connectivity index (χ1v) is 5.13. The second-order valence-electron chi connectivity index (χ2n) is 3.24. The van der Waals surface area contributed by atoms with Gasteiger partial charge in [-0.3, -0.25) is 9.59 Å². The molecular weight excluding hydrogens is 253 g/mol. The van der Waals surface area contributed by atoms with Gasteiger partial charge in [0, 0.05) is 11.1 Å². The molecule has 2 rings (SSSR count). The average Bonchev–Trinajstić information content (AvgIpc) is 2.65. The Morgan fingerprint density at radius 2 is 1.62 bits per heavy atom. The van der Waals surface area contributed by atoms with Crippen LogP contribution in [0.3, 0.4) is 0 Å². The van der Waals surface area contributed by atoms with Crippen molar-refractivity contribution in [1.82, 2.24) is 0 Å². The van der Waals surface area contributed by atoms with Gasteiger partial charge in [0.05, 0.1) is 10.1 Å². The number of halogens is 2. The molecule has 0 radical (unpaired) electrons. The van der Waals surface area contributed by atoms with Crippen molar-refractivity contribution in [2.75, 3.05) is 0 Å². The summed E-state index contributed by atoms with van der Waals surface area (Å²) in [4.78, 5) is 20.6.